The molecule has 41 heavy (non-hydrogen) atoms. The van der Waals surface area contributed by atoms with Crippen LogP contribution < -0.4 is 21.7 Å². The third-order valence-corrected chi connectivity index (χ3v) is 9.48. The molecule has 0 aromatic heterocycles. The molecule has 1 heterocycles. The number of carbonyl (C=O) groups is 3. The maximum Gasteiger partial charge on any atom is 0.326 e. The van der Waals surface area contributed by atoms with E-state index in [0.29, 0.717) is 24.2 Å². The van der Waals surface area contributed by atoms with Gasteiger partial charge in [0.05, 0.1) is 10.3 Å². The molecule has 0 bridgehead atoms. The first-order chi connectivity index (χ1) is 19.5. The Labute approximate surface area is 242 Å². The van der Waals surface area contributed by atoms with Crippen molar-refractivity contribution in [1.29, 1.82) is 5.26 Å². The molecule has 2 amide bonds. The number of aliphatic imine (C=N–C) groups is 1. The highest BCUT2D eigenvalue weighted by atomic mass is 32.2. The van der Waals surface area contributed by atoms with E-state index >= 15 is 0 Å². The van der Waals surface area contributed by atoms with Crippen molar-refractivity contribution in [3.63, 3.8) is 0 Å². The van der Waals surface area contributed by atoms with Crippen LogP contribution in [0.15, 0.2) is 64.5 Å². The molecule has 13 nitrogen and oxygen atoms in total. The molecule has 218 valence electrons. The number of hydrogen-bond acceptors (Lipinski definition) is 8. The first-order valence-electron chi connectivity index (χ1n) is 12.6. The number of anilines is 1. The summed E-state index contributed by atoms with van der Waals surface area (Å²) in [6.07, 6.45) is 2.15. The second-order valence-electron chi connectivity index (χ2n) is 9.07. The molecule has 1 aliphatic rings. The Hall–Kier alpha value is -4.13. The van der Waals surface area contributed by atoms with Gasteiger partial charge in [0.1, 0.15) is 12.1 Å². The lowest BCUT2D eigenvalue weighted by atomic mass is 10.0. The highest BCUT2D eigenvalue weighted by Gasteiger charge is 2.45. The van der Waals surface area contributed by atoms with E-state index in [1.54, 1.807) is 55.6 Å². The largest absolute Gasteiger partial charge is 0.480 e. The highest BCUT2D eigenvalue weighted by Crippen LogP contribution is 2.34. The third kappa shape index (κ3) is 8.68. The fraction of sp³-hybridized carbons (Fsp3) is 0.346. The summed E-state index contributed by atoms with van der Waals surface area (Å²) in [5.74, 6) is -2.03. The Morgan fingerprint density at radius 3 is 2.51 bits per heavy atom. The number of carboxylic acid groups (broad SMARTS) is 1. The second kappa shape index (κ2) is 14.5. The van der Waals surface area contributed by atoms with Crippen LogP contribution in [0.25, 0.3) is 0 Å². The molecule has 1 saturated heterocycles. The van der Waals surface area contributed by atoms with E-state index in [4.69, 9.17) is 11.0 Å². The van der Waals surface area contributed by atoms with E-state index in [0.717, 1.165) is 4.31 Å². The molecule has 2 aromatic carbocycles. The zero-order valence-corrected chi connectivity index (χ0v) is 23.8. The summed E-state index contributed by atoms with van der Waals surface area (Å²) in [7, 11) is -3.98. The lowest BCUT2D eigenvalue weighted by molar-refractivity contribution is -0.142. The predicted octanol–water partition coefficient (Wildman–Crippen LogP) is 1.05. The van der Waals surface area contributed by atoms with Crippen molar-refractivity contribution in [2.45, 2.75) is 48.5 Å². The number of nitrogens with zero attached hydrogens (tertiary/aromatic N) is 3. The van der Waals surface area contributed by atoms with Gasteiger partial charge in [-0.1, -0.05) is 30.3 Å². The van der Waals surface area contributed by atoms with Gasteiger partial charge in [-0.3, -0.25) is 9.59 Å². The predicted molar refractivity (Wildman–Crippen MR) is 154 cm³/mol. The molecule has 1 aliphatic heterocycles. The summed E-state index contributed by atoms with van der Waals surface area (Å²) in [6, 6.07) is 11.9. The molecular formula is C26H31N7O6S2. The van der Waals surface area contributed by atoms with E-state index in [1.165, 1.54) is 23.9 Å². The number of aliphatic carboxylic acids is 1. The van der Waals surface area contributed by atoms with E-state index in [9.17, 15) is 27.9 Å². The van der Waals surface area contributed by atoms with E-state index < -0.39 is 39.4 Å². The summed E-state index contributed by atoms with van der Waals surface area (Å²) >= 11 is 1.30. The number of hydrogen-bond donors (Lipinski definition) is 5. The molecule has 0 saturated carbocycles. The number of amides is 2. The van der Waals surface area contributed by atoms with Crippen LogP contribution in [0, 0.1) is 11.5 Å². The third-order valence-electron chi connectivity index (χ3n) is 6.13. The van der Waals surface area contributed by atoms with Gasteiger partial charge >= 0.3 is 5.97 Å². The van der Waals surface area contributed by atoms with Gasteiger partial charge in [-0.2, -0.15) is 9.57 Å². The first-order valence-corrected chi connectivity index (χ1v) is 15.1. The number of benzene rings is 2. The van der Waals surface area contributed by atoms with E-state index in [-0.39, 0.29) is 35.4 Å². The van der Waals surface area contributed by atoms with Crippen LogP contribution in [0.3, 0.4) is 0 Å². The number of nitrogens with one attached hydrogen (secondary N) is 3. The monoisotopic (exact) mass is 601 g/mol. The minimum absolute atomic E-state index is 0.0226. The quantitative estimate of drug-likeness (QED) is 0.101. The average molecular weight is 602 g/mol. The summed E-state index contributed by atoms with van der Waals surface area (Å²) < 4.78 is 27.7. The van der Waals surface area contributed by atoms with Gasteiger partial charge < -0.3 is 26.8 Å². The molecule has 2 aromatic rings. The molecular weight excluding hydrogens is 570 g/mol. The maximum atomic E-state index is 13.3. The Morgan fingerprint density at radius 1 is 1.20 bits per heavy atom. The number of sulfonamides is 1. The number of carboxylic acids is 1. The van der Waals surface area contributed by atoms with E-state index in [2.05, 4.69) is 20.9 Å². The maximum absolute atomic E-state index is 13.3. The minimum atomic E-state index is -3.98. The smallest absolute Gasteiger partial charge is 0.326 e. The summed E-state index contributed by atoms with van der Waals surface area (Å²) in [5.41, 5.74) is 6.53. The average Bonchev–Trinajstić information content (AvgIpc) is 3.34. The first kappa shape index (κ1) is 31.4. The number of nitrogens with two attached hydrogens (primary N) is 1. The minimum Gasteiger partial charge on any atom is -0.480 e. The Bertz CT molecular complexity index is 1410. The zero-order valence-electron chi connectivity index (χ0n) is 22.2. The fourth-order valence-electron chi connectivity index (χ4n) is 4.11. The van der Waals surface area contributed by atoms with Crippen LogP contribution in [-0.4, -0.2) is 71.3 Å². The van der Waals surface area contributed by atoms with Gasteiger partial charge in [-0.15, -0.1) is 16.8 Å². The Morgan fingerprint density at radius 2 is 1.88 bits per heavy atom. The molecule has 0 radical (unpaired) electrons. The number of guanidine groups is 1. The van der Waals surface area contributed by atoms with Crippen molar-refractivity contribution in [3.8, 4) is 6.19 Å². The van der Waals surface area contributed by atoms with Crippen LogP contribution in [0.1, 0.15) is 25.3 Å². The van der Waals surface area contributed by atoms with Crippen LogP contribution >= 0.6 is 11.8 Å². The van der Waals surface area contributed by atoms with Gasteiger partial charge in [-0.25, -0.2) is 13.2 Å². The molecule has 3 rings (SSSR count). The fourth-order valence-corrected chi connectivity index (χ4v) is 7.43. The lowest BCUT2D eigenvalue weighted by Crippen LogP contribution is -2.53. The van der Waals surface area contributed by atoms with Crippen LogP contribution in [0.2, 0.25) is 0 Å². The number of thioether (sulfide) groups is 1. The van der Waals surface area contributed by atoms with Crippen LogP contribution in [0.4, 0.5) is 5.69 Å². The van der Waals surface area contributed by atoms with Crippen molar-refractivity contribution in [1.82, 2.24) is 14.9 Å². The normalized spacial score (nSPS) is 18.2. The van der Waals surface area contributed by atoms with Crippen molar-refractivity contribution in [2.24, 2.45) is 10.7 Å². The lowest BCUT2D eigenvalue weighted by Gasteiger charge is -2.27. The zero-order chi connectivity index (χ0) is 30.0. The molecule has 6 N–H and O–H groups in total. The molecule has 0 spiro atoms. The molecule has 1 fully saturated rings. The molecule has 1 unspecified atom stereocenters. The van der Waals surface area contributed by atoms with Crippen molar-refractivity contribution >= 4 is 51.2 Å². The van der Waals surface area contributed by atoms with Gasteiger partial charge in [0.25, 0.3) is 0 Å². The SMILES string of the molecule is CC1SC[C@@H](C(=O)N[C@@H](Cc2ccc(NC(=O)CCCN/C(N)=N/C#N)cc2)C(=O)O)N1S(=O)(=O)c1ccccc1. The van der Waals surface area contributed by atoms with Crippen LogP contribution in [-0.2, 0) is 30.8 Å². The number of carbonyl (C=O) groups excluding carboxylic acids is 2. The van der Waals surface area contributed by atoms with Gasteiger partial charge in [-0.05, 0) is 43.2 Å². The van der Waals surface area contributed by atoms with Crippen LogP contribution in [0.5, 0.6) is 0 Å². The summed E-state index contributed by atoms with van der Waals surface area (Å²) in [4.78, 5) is 40.7. The van der Waals surface area contributed by atoms with Gasteiger partial charge in [0, 0.05) is 30.8 Å². The van der Waals surface area contributed by atoms with Crippen molar-refractivity contribution in [2.75, 3.05) is 17.6 Å². The Kier molecular flexibility index (Phi) is 11.1. The topological polar surface area (TPSA) is 207 Å². The van der Waals surface area contributed by atoms with Gasteiger partial charge in [0.15, 0.2) is 0 Å². The molecule has 3 atom stereocenters. The number of rotatable bonds is 12. The molecule has 15 heteroatoms. The van der Waals surface area contributed by atoms with Crippen molar-refractivity contribution in [3.05, 3.63) is 60.2 Å². The van der Waals surface area contributed by atoms with E-state index in [1.807, 2.05) is 0 Å². The van der Waals surface area contributed by atoms with Crippen molar-refractivity contribution < 1.29 is 27.9 Å². The van der Waals surface area contributed by atoms with Gasteiger partial charge in [0.2, 0.25) is 34.0 Å². The highest BCUT2D eigenvalue weighted by molar-refractivity contribution is 8.01. The Balaban J connectivity index is 1.58. The summed E-state index contributed by atoms with van der Waals surface area (Å²) in [6.45, 7) is 2.05. The second-order valence-corrected chi connectivity index (χ2v) is 12.3. The summed E-state index contributed by atoms with van der Waals surface area (Å²) in [5, 5.41) is 25.6. The molecule has 0 aliphatic carbocycles. The number of nitriles is 1. The standard InChI is InChI=1S/C26H31N7O6S2/c1-17-33(41(38,39)20-6-3-2-4-7-20)22(15-40-17)24(35)32-21(25(36)37)14-18-9-11-19(12-10-18)31-23(34)8-5-13-29-26(28)30-16-27/h2-4,6-7,9-12,17,21-22H,5,8,13-15H2,1H3,(H,31,34)(H,32,35)(H,36,37)(H3,28,29,30)/t17?,21-,22-/m0/s1.